The lowest BCUT2D eigenvalue weighted by atomic mass is 10.1. The average Bonchev–Trinajstić information content (AvgIpc) is 3.20. The molecule has 1 rings (SSSR count). The summed E-state index contributed by atoms with van der Waals surface area (Å²) < 4.78 is 18.2. The molecular formula is C19H37N4O7P. The van der Waals surface area contributed by atoms with Gasteiger partial charge in [0.05, 0.1) is 6.04 Å². The predicted octanol–water partition coefficient (Wildman–Crippen LogP) is 0.741. The average molecular weight is 465 g/mol. The van der Waals surface area contributed by atoms with Crippen LogP contribution in [-0.2, 0) is 23.5 Å². The standard InChI is InChI=1S/C19H37N4O7P/c1-3-4-10-16(22-17(24)14(21)8-5-6-11-20)31(28,29)30-13(2)18(25)23-12-7-9-15(23)19(26)27/h13-16H,3-12,20-21H2,1-2H3,(H,22,24)(H,26,27)(H,28,29)/t13?,14-,15-,16-/m0/s1. The fourth-order valence-electron chi connectivity index (χ4n) is 3.49. The Bertz CT molecular complexity index is 663. The number of carbonyl (C=O) groups is 3. The lowest BCUT2D eigenvalue weighted by Gasteiger charge is -2.29. The van der Waals surface area contributed by atoms with Gasteiger partial charge in [0.2, 0.25) is 5.91 Å². The zero-order valence-electron chi connectivity index (χ0n) is 18.4. The summed E-state index contributed by atoms with van der Waals surface area (Å²) >= 11 is 0. The highest BCUT2D eigenvalue weighted by molar-refractivity contribution is 7.53. The van der Waals surface area contributed by atoms with Crippen LogP contribution in [0.4, 0.5) is 0 Å². The highest BCUT2D eigenvalue weighted by Gasteiger charge is 2.41. The van der Waals surface area contributed by atoms with E-state index in [2.05, 4.69) is 5.32 Å². The maximum atomic E-state index is 13.0. The Balaban J connectivity index is 2.82. The number of carboxylic acids is 1. The summed E-state index contributed by atoms with van der Waals surface area (Å²) in [5, 5.41) is 11.8. The van der Waals surface area contributed by atoms with Crippen LogP contribution in [0.1, 0.15) is 65.2 Å². The van der Waals surface area contributed by atoms with Crippen molar-refractivity contribution in [2.45, 2.75) is 89.2 Å². The molecule has 31 heavy (non-hydrogen) atoms. The van der Waals surface area contributed by atoms with Crippen molar-refractivity contribution in [3.63, 3.8) is 0 Å². The second-order valence-corrected chi connectivity index (χ2v) is 9.86. The number of amides is 2. The van der Waals surface area contributed by atoms with Gasteiger partial charge in [-0.3, -0.25) is 18.7 Å². The molecule has 5 atom stereocenters. The van der Waals surface area contributed by atoms with Crippen LogP contribution in [0, 0.1) is 0 Å². The summed E-state index contributed by atoms with van der Waals surface area (Å²) in [6.07, 6.45) is 2.72. The van der Waals surface area contributed by atoms with E-state index >= 15 is 0 Å². The van der Waals surface area contributed by atoms with Gasteiger partial charge in [0.25, 0.3) is 5.91 Å². The number of likely N-dealkylation sites (tertiary alicyclic amines) is 1. The van der Waals surface area contributed by atoms with Gasteiger partial charge >= 0.3 is 13.6 Å². The lowest BCUT2D eigenvalue weighted by Crippen LogP contribution is -2.47. The fourth-order valence-corrected chi connectivity index (χ4v) is 4.98. The third-order valence-electron chi connectivity index (χ3n) is 5.32. The van der Waals surface area contributed by atoms with Crippen LogP contribution >= 0.6 is 7.60 Å². The van der Waals surface area contributed by atoms with Crippen molar-refractivity contribution in [2.24, 2.45) is 11.5 Å². The molecule has 1 fully saturated rings. The molecular weight excluding hydrogens is 427 g/mol. The van der Waals surface area contributed by atoms with Crippen LogP contribution in [0.15, 0.2) is 0 Å². The minimum atomic E-state index is -4.45. The Morgan fingerprint density at radius 3 is 2.52 bits per heavy atom. The molecule has 0 radical (unpaired) electrons. The van der Waals surface area contributed by atoms with Crippen LogP contribution in [0.5, 0.6) is 0 Å². The second kappa shape index (κ2) is 13.1. The summed E-state index contributed by atoms with van der Waals surface area (Å²) in [4.78, 5) is 48.1. The number of carbonyl (C=O) groups excluding carboxylic acids is 2. The number of aliphatic carboxylic acids is 1. The quantitative estimate of drug-likeness (QED) is 0.183. The molecule has 1 saturated heterocycles. The SMILES string of the molecule is CCCC[C@@H](NC(=O)[C@@H](N)CCCCN)P(=O)(O)OC(C)C(=O)N1CCC[C@H]1C(=O)O. The molecule has 0 aliphatic carbocycles. The molecule has 2 unspecified atom stereocenters. The van der Waals surface area contributed by atoms with E-state index in [1.54, 1.807) is 0 Å². The molecule has 11 nitrogen and oxygen atoms in total. The number of unbranched alkanes of at least 4 members (excludes halogenated alkanes) is 2. The van der Waals surface area contributed by atoms with Gasteiger partial charge in [-0.15, -0.1) is 0 Å². The maximum Gasteiger partial charge on any atom is 0.350 e. The molecule has 0 aromatic rings. The largest absolute Gasteiger partial charge is 0.480 e. The van der Waals surface area contributed by atoms with E-state index in [0.29, 0.717) is 38.6 Å². The van der Waals surface area contributed by atoms with E-state index < -0.39 is 49.4 Å². The first kappa shape index (κ1) is 27.5. The van der Waals surface area contributed by atoms with Gasteiger partial charge in [0.1, 0.15) is 17.9 Å². The van der Waals surface area contributed by atoms with Gasteiger partial charge in [-0.25, -0.2) is 4.79 Å². The van der Waals surface area contributed by atoms with E-state index in [1.807, 2.05) is 6.92 Å². The molecule has 180 valence electrons. The number of carboxylic acid groups (broad SMARTS) is 1. The van der Waals surface area contributed by atoms with Crippen LogP contribution in [-0.4, -0.2) is 69.7 Å². The summed E-state index contributed by atoms with van der Waals surface area (Å²) in [7, 11) is -4.45. The Hall–Kier alpha value is -1.52. The van der Waals surface area contributed by atoms with Crippen molar-refractivity contribution in [3.8, 4) is 0 Å². The van der Waals surface area contributed by atoms with Crippen molar-refractivity contribution in [3.05, 3.63) is 0 Å². The number of hydrogen-bond donors (Lipinski definition) is 5. The van der Waals surface area contributed by atoms with Crippen molar-refractivity contribution >= 4 is 25.4 Å². The topological polar surface area (TPSA) is 185 Å². The minimum Gasteiger partial charge on any atom is -0.480 e. The van der Waals surface area contributed by atoms with E-state index in [9.17, 15) is 28.9 Å². The molecule has 2 amide bonds. The van der Waals surface area contributed by atoms with E-state index in [1.165, 1.54) is 6.92 Å². The molecule has 0 aromatic carbocycles. The van der Waals surface area contributed by atoms with Crippen molar-refractivity contribution in [1.82, 2.24) is 10.2 Å². The summed E-state index contributed by atoms with van der Waals surface area (Å²) in [5.41, 5.74) is 11.3. The van der Waals surface area contributed by atoms with Crippen LogP contribution in [0.3, 0.4) is 0 Å². The smallest absolute Gasteiger partial charge is 0.350 e. The number of hydrogen-bond acceptors (Lipinski definition) is 7. The van der Waals surface area contributed by atoms with Crippen molar-refractivity contribution in [1.29, 1.82) is 0 Å². The predicted molar refractivity (Wildman–Crippen MR) is 115 cm³/mol. The normalized spacial score (nSPS) is 21.2. The first-order valence-corrected chi connectivity index (χ1v) is 12.5. The Kier molecular flexibility index (Phi) is 11.6. The first-order chi connectivity index (χ1) is 14.5. The maximum absolute atomic E-state index is 13.0. The summed E-state index contributed by atoms with van der Waals surface area (Å²) in [5.74, 6) is -3.58. The zero-order chi connectivity index (χ0) is 23.6. The Morgan fingerprint density at radius 1 is 1.26 bits per heavy atom. The molecule has 0 bridgehead atoms. The monoisotopic (exact) mass is 464 g/mol. The third-order valence-corrected chi connectivity index (χ3v) is 7.11. The molecule has 0 aromatic heterocycles. The van der Waals surface area contributed by atoms with Crippen molar-refractivity contribution in [2.75, 3.05) is 13.1 Å². The van der Waals surface area contributed by atoms with Gasteiger partial charge in [-0.1, -0.05) is 26.2 Å². The molecule has 1 heterocycles. The van der Waals surface area contributed by atoms with Crippen molar-refractivity contribution < 1.29 is 33.5 Å². The van der Waals surface area contributed by atoms with E-state index in [4.69, 9.17) is 16.0 Å². The number of nitrogens with zero attached hydrogens (tertiary/aromatic N) is 1. The van der Waals surface area contributed by atoms with Gasteiger partial charge < -0.3 is 31.7 Å². The van der Waals surface area contributed by atoms with E-state index in [-0.39, 0.29) is 13.0 Å². The highest BCUT2D eigenvalue weighted by Crippen LogP contribution is 2.49. The van der Waals surface area contributed by atoms with Gasteiger partial charge in [-0.05, 0) is 45.6 Å². The Morgan fingerprint density at radius 2 is 1.94 bits per heavy atom. The van der Waals surface area contributed by atoms with Gasteiger partial charge in [0, 0.05) is 6.54 Å². The zero-order valence-corrected chi connectivity index (χ0v) is 19.3. The lowest BCUT2D eigenvalue weighted by molar-refractivity contribution is -0.151. The van der Waals surface area contributed by atoms with Crippen LogP contribution in [0.25, 0.3) is 0 Å². The molecule has 1 aliphatic rings. The molecule has 12 heteroatoms. The minimum absolute atomic E-state index is 0.175. The van der Waals surface area contributed by atoms with Crippen LogP contribution < -0.4 is 16.8 Å². The first-order valence-electron chi connectivity index (χ1n) is 10.8. The third kappa shape index (κ3) is 8.50. The van der Waals surface area contributed by atoms with Gasteiger partial charge in [-0.2, -0.15) is 0 Å². The molecule has 1 aliphatic heterocycles. The number of rotatable bonds is 14. The molecule has 7 N–H and O–H groups in total. The number of nitrogens with two attached hydrogens (primary N) is 2. The Labute approximate surface area is 183 Å². The number of nitrogens with one attached hydrogen (secondary N) is 1. The highest BCUT2D eigenvalue weighted by atomic mass is 31.2. The fraction of sp³-hybridized carbons (Fsp3) is 0.842. The van der Waals surface area contributed by atoms with Crippen LogP contribution in [0.2, 0.25) is 0 Å². The summed E-state index contributed by atoms with van der Waals surface area (Å²) in [6.45, 7) is 3.93. The molecule has 0 saturated carbocycles. The van der Waals surface area contributed by atoms with Gasteiger partial charge in [0.15, 0.2) is 0 Å². The second-order valence-electron chi connectivity index (χ2n) is 7.90. The summed E-state index contributed by atoms with van der Waals surface area (Å²) in [6, 6.07) is -1.82. The van der Waals surface area contributed by atoms with E-state index in [0.717, 1.165) is 17.7 Å². The molecule has 0 spiro atoms.